The SMILES string of the molecule is C=CC[C@H]1C[C@H]2C[C@H]3CCC[C@@H](C[C@@H](O)CC(=O)O[C@H](CO)C[C@@H]4C/C(=C\C(=O)OC)[C@H](OC(=O)CCCCCCC)[C@@](O)(O4)C(C)(C)/C=C/[C@H](O2)O1)O3. The molecule has 0 spiro atoms. The third-order valence-corrected chi connectivity index (χ3v) is 10.9. The molecule has 3 N–H and O–H groups in total. The summed E-state index contributed by atoms with van der Waals surface area (Å²) < 4.78 is 42.2. The zero-order valence-corrected chi connectivity index (χ0v) is 32.7. The maximum absolute atomic E-state index is 13.4. The number of fused-ring (bicyclic) bond motifs is 6. The van der Waals surface area contributed by atoms with Crippen molar-refractivity contribution in [3.8, 4) is 0 Å². The molecule has 0 saturated carbocycles. The van der Waals surface area contributed by atoms with Crippen LogP contribution in [0.2, 0.25) is 0 Å². The molecular weight excluding hydrogens is 700 g/mol. The highest BCUT2D eigenvalue weighted by atomic mass is 16.7. The summed E-state index contributed by atoms with van der Waals surface area (Å²) in [6.45, 7) is 8.86. The Labute approximate surface area is 320 Å². The van der Waals surface area contributed by atoms with Crippen molar-refractivity contribution in [3.05, 3.63) is 36.5 Å². The Morgan fingerprint density at radius 2 is 1.69 bits per heavy atom. The van der Waals surface area contributed by atoms with E-state index in [0.29, 0.717) is 25.7 Å². The van der Waals surface area contributed by atoms with E-state index in [1.807, 2.05) is 0 Å². The van der Waals surface area contributed by atoms with Gasteiger partial charge in [-0.05, 0) is 50.2 Å². The van der Waals surface area contributed by atoms with Crippen molar-refractivity contribution in [2.24, 2.45) is 5.41 Å². The maximum Gasteiger partial charge on any atom is 0.330 e. The highest BCUT2D eigenvalue weighted by Crippen LogP contribution is 2.47. The first-order chi connectivity index (χ1) is 25.8. The molecule has 0 radical (unpaired) electrons. The molecule has 0 amide bonds. The quantitative estimate of drug-likeness (QED) is 0.0816. The van der Waals surface area contributed by atoms with E-state index in [1.165, 1.54) is 13.2 Å². The zero-order chi connectivity index (χ0) is 39.3. The van der Waals surface area contributed by atoms with Crippen LogP contribution in [0.4, 0.5) is 0 Å². The Morgan fingerprint density at radius 3 is 2.39 bits per heavy atom. The molecule has 4 aliphatic rings. The average Bonchev–Trinajstić information content (AvgIpc) is 3.11. The second-order valence-electron chi connectivity index (χ2n) is 15.8. The molecule has 0 aromatic heterocycles. The summed E-state index contributed by atoms with van der Waals surface area (Å²) in [7, 11) is 1.22. The second-order valence-corrected chi connectivity index (χ2v) is 15.8. The van der Waals surface area contributed by atoms with E-state index in [-0.39, 0.29) is 62.1 Å². The van der Waals surface area contributed by atoms with Crippen molar-refractivity contribution in [2.75, 3.05) is 13.7 Å². The summed E-state index contributed by atoms with van der Waals surface area (Å²) in [5.41, 5.74) is -1.08. The monoisotopic (exact) mass is 764 g/mol. The van der Waals surface area contributed by atoms with Gasteiger partial charge in [-0.1, -0.05) is 58.6 Å². The molecule has 54 heavy (non-hydrogen) atoms. The summed E-state index contributed by atoms with van der Waals surface area (Å²) in [5, 5.41) is 33.9. The Bertz CT molecular complexity index is 1300. The van der Waals surface area contributed by atoms with Gasteiger partial charge >= 0.3 is 17.9 Å². The number of ether oxygens (including phenoxy) is 7. The van der Waals surface area contributed by atoms with Crippen LogP contribution in [0.5, 0.6) is 0 Å². The summed E-state index contributed by atoms with van der Waals surface area (Å²) in [6.07, 6.45) is 9.26. The van der Waals surface area contributed by atoms with Crippen LogP contribution in [0.3, 0.4) is 0 Å². The van der Waals surface area contributed by atoms with Crippen molar-refractivity contribution < 1.29 is 62.9 Å². The number of unbranched alkanes of at least 4 members (excludes halogenated alkanes) is 4. The molecule has 4 rings (SSSR count). The maximum atomic E-state index is 13.4. The average molecular weight is 765 g/mol. The predicted octanol–water partition coefficient (Wildman–Crippen LogP) is 5.27. The van der Waals surface area contributed by atoms with Crippen LogP contribution in [0, 0.1) is 5.41 Å². The lowest BCUT2D eigenvalue weighted by Gasteiger charge is -2.51. The largest absolute Gasteiger partial charge is 0.466 e. The lowest BCUT2D eigenvalue weighted by molar-refractivity contribution is -0.327. The number of methoxy groups -OCH3 is 1. The van der Waals surface area contributed by atoms with Gasteiger partial charge in [-0.2, -0.15) is 0 Å². The first kappa shape index (κ1) is 44.1. The highest BCUT2D eigenvalue weighted by Gasteiger charge is 2.57. The molecule has 6 bridgehead atoms. The van der Waals surface area contributed by atoms with Gasteiger partial charge in [0, 0.05) is 43.6 Å². The van der Waals surface area contributed by atoms with Crippen molar-refractivity contribution in [2.45, 2.75) is 184 Å². The van der Waals surface area contributed by atoms with Gasteiger partial charge in [-0.25, -0.2) is 4.79 Å². The molecule has 13 nitrogen and oxygen atoms in total. The molecule has 13 heteroatoms. The fourth-order valence-electron chi connectivity index (χ4n) is 7.89. The van der Waals surface area contributed by atoms with Gasteiger partial charge < -0.3 is 48.5 Å². The van der Waals surface area contributed by atoms with Gasteiger partial charge in [0.1, 0.15) is 6.10 Å². The third-order valence-electron chi connectivity index (χ3n) is 10.9. The first-order valence-electron chi connectivity index (χ1n) is 19.9. The number of hydrogen-bond donors (Lipinski definition) is 3. The predicted molar refractivity (Wildman–Crippen MR) is 198 cm³/mol. The molecule has 0 aromatic carbocycles. The van der Waals surface area contributed by atoms with Gasteiger partial charge in [-0.15, -0.1) is 6.58 Å². The molecule has 4 aliphatic heterocycles. The van der Waals surface area contributed by atoms with Crippen LogP contribution >= 0.6 is 0 Å². The van der Waals surface area contributed by atoms with E-state index < -0.39 is 66.4 Å². The number of hydrogen-bond acceptors (Lipinski definition) is 13. The van der Waals surface area contributed by atoms with Gasteiger partial charge in [0.05, 0.1) is 56.8 Å². The number of esters is 3. The van der Waals surface area contributed by atoms with Crippen LogP contribution in [0.1, 0.15) is 124 Å². The minimum absolute atomic E-state index is 0.0116. The van der Waals surface area contributed by atoms with Gasteiger partial charge in [-0.3, -0.25) is 9.59 Å². The Balaban J connectivity index is 1.72. The lowest BCUT2D eigenvalue weighted by Crippen LogP contribution is -2.62. The zero-order valence-electron chi connectivity index (χ0n) is 32.7. The molecule has 3 saturated heterocycles. The van der Waals surface area contributed by atoms with Gasteiger partial charge in [0.15, 0.2) is 12.4 Å². The summed E-state index contributed by atoms with van der Waals surface area (Å²) in [6, 6.07) is 0. The van der Waals surface area contributed by atoms with E-state index in [2.05, 4.69) is 13.5 Å². The van der Waals surface area contributed by atoms with E-state index in [1.54, 1.807) is 32.1 Å². The summed E-state index contributed by atoms with van der Waals surface area (Å²) in [5.74, 6) is -4.26. The highest BCUT2D eigenvalue weighted by molar-refractivity contribution is 5.83. The van der Waals surface area contributed by atoms with Crippen molar-refractivity contribution in [3.63, 3.8) is 0 Å². The molecular formula is C41H64O13. The van der Waals surface area contributed by atoms with Crippen molar-refractivity contribution in [1.82, 2.24) is 0 Å². The number of carbonyl (C=O) groups is 3. The smallest absolute Gasteiger partial charge is 0.330 e. The second kappa shape index (κ2) is 21.0. The van der Waals surface area contributed by atoms with Crippen molar-refractivity contribution >= 4 is 17.9 Å². The Kier molecular flexibility index (Phi) is 17.2. The van der Waals surface area contributed by atoms with E-state index >= 15 is 0 Å². The standard InChI is InChI=1S/C41H64O13/c1-6-8-9-10-11-16-35(44)53-39-27(20-36(45)48-5)19-33-25-34(26-42)50-37(46)22-28(43)21-30-14-12-15-31(49-30)24-32-23-29(13-7-2)51-38(52-32)17-18-40(3,4)41(39,47)54-33/h7,17-18,20,28-34,38-39,42-43,47H,2,6,8-16,19,21-26H2,1,3-5H3/b18-17+,27-20+/t28-,29+,30+,31-,32+,33+,34+,38+,39+,41-/m1/s1. The Morgan fingerprint density at radius 1 is 0.963 bits per heavy atom. The minimum atomic E-state index is -2.27. The number of carbonyl (C=O) groups excluding carboxylic acids is 3. The van der Waals surface area contributed by atoms with E-state index in [0.717, 1.165) is 44.9 Å². The molecule has 0 aromatic rings. The Hall–Kier alpha value is -2.65. The first-order valence-corrected chi connectivity index (χ1v) is 19.9. The van der Waals surface area contributed by atoms with Crippen LogP contribution in [-0.2, 0) is 47.5 Å². The summed E-state index contributed by atoms with van der Waals surface area (Å²) >= 11 is 0. The lowest BCUT2D eigenvalue weighted by atomic mass is 9.74. The van der Waals surface area contributed by atoms with Crippen LogP contribution < -0.4 is 0 Å². The fraction of sp³-hybridized carbons (Fsp3) is 0.780. The number of aliphatic hydroxyl groups excluding tert-OH is 2. The number of cyclic esters (lactones) is 1. The molecule has 10 atom stereocenters. The topological polar surface area (TPSA) is 177 Å². The van der Waals surface area contributed by atoms with E-state index in [9.17, 15) is 29.7 Å². The molecule has 306 valence electrons. The minimum Gasteiger partial charge on any atom is -0.466 e. The molecule has 0 unspecified atom stereocenters. The number of aliphatic hydroxyl groups is 3. The summed E-state index contributed by atoms with van der Waals surface area (Å²) in [4.78, 5) is 39.1. The third kappa shape index (κ3) is 12.7. The molecule has 4 heterocycles. The van der Waals surface area contributed by atoms with Gasteiger partial charge in [0.2, 0.25) is 5.79 Å². The van der Waals surface area contributed by atoms with Crippen molar-refractivity contribution in [1.29, 1.82) is 0 Å². The number of rotatable bonds is 11. The van der Waals surface area contributed by atoms with Crippen LogP contribution in [0.15, 0.2) is 36.5 Å². The van der Waals surface area contributed by atoms with Crippen LogP contribution in [0.25, 0.3) is 0 Å². The normalized spacial score (nSPS) is 36.3. The van der Waals surface area contributed by atoms with E-state index in [4.69, 9.17) is 33.2 Å². The van der Waals surface area contributed by atoms with Crippen LogP contribution in [-0.4, -0.2) is 108 Å². The molecule has 0 aliphatic carbocycles. The molecule has 3 fully saturated rings. The van der Waals surface area contributed by atoms with Gasteiger partial charge in [0.25, 0.3) is 0 Å². The fourth-order valence-corrected chi connectivity index (χ4v) is 7.89.